The van der Waals surface area contributed by atoms with E-state index in [1.807, 2.05) is 18.7 Å². The summed E-state index contributed by atoms with van der Waals surface area (Å²) in [5, 5.41) is 6.27. The minimum Gasteiger partial charge on any atom is -0.355 e. The van der Waals surface area contributed by atoms with Crippen molar-refractivity contribution in [2.24, 2.45) is 5.92 Å². The Morgan fingerprint density at radius 2 is 1.74 bits per heavy atom. The highest BCUT2D eigenvalue weighted by molar-refractivity contribution is 7.98. The average molecular weight is 289 g/mol. The molecule has 1 unspecified atom stereocenters. The van der Waals surface area contributed by atoms with Crippen LogP contribution < -0.4 is 10.6 Å². The summed E-state index contributed by atoms with van der Waals surface area (Å²) in [5.41, 5.74) is 0. The fourth-order valence-corrected chi connectivity index (χ4v) is 2.27. The first-order valence-electron chi connectivity index (χ1n) is 7.58. The Labute approximate surface area is 123 Å². The van der Waals surface area contributed by atoms with Gasteiger partial charge in [0.25, 0.3) is 0 Å². The molecule has 0 heterocycles. The van der Waals surface area contributed by atoms with Gasteiger partial charge < -0.3 is 10.6 Å². The van der Waals surface area contributed by atoms with E-state index < -0.39 is 0 Å². The summed E-state index contributed by atoms with van der Waals surface area (Å²) in [4.78, 5) is 11.8. The molecule has 0 aliphatic heterocycles. The fraction of sp³-hybridized carbons (Fsp3) is 0.933. The van der Waals surface area contributed by atoms with Crippen LogP contribution in [0.5, 0.6) is 0 Å². The van der Waals surface area contributed by atoms with Crippen molar-refractivity contribution in [2.45, 2.75) is 58.9 Å². The molecule has 0 saturated heterocycles. The van der Waals surface area contributed by atoms with Crippen LogP contribution >= 0.6 is 11.8 Å². The quantitative estimate of drug-likeness (QED) is 0.542. The predicted molar refractivity (Wildman–Crippen MR) is 86.8 cm³/mol. The minimum atomic E-state index is -0.0710. The summed E-state index contributed by atoms with van der Waals surface area (Å²) in [7, 11) is 0. The third-order valence-corrected chi connectivity index (χ3v) is 3.84. The highest BCUT2D eigenvalue weighted by Crippen LogP contribution is 2.04. The van der Waals surface area contributed by atoms with Crippen LogP contribution in [0.4, 0.5) is 0 Å². The van der Waals surface area contributed by atoms with Gasteiger partial charge in [-0.25, -0.2) is 0 Å². The van der Waals surface area contributed by atoms with Gasteiger partial charge in [-0.05, 0) is 50.7 Å². The second-order valence-corrected chi connectivity index (χ2v) is 6.54. The number of nitrogens with one attached hydrogen (secondary N) is 2. The smallest absolute Gasteiger partial charge is 0.236 e. The van der Waals surface area contributed by atoms with E-state index in [4.69, 9.17) is 0 Å². The third kappa shape index (κ3) is 12.6. The Bertz CT molecular complexity index is 222. The first-order chi connectivity index (χ1) is 9.07. The maximum atomic E-state index is 11.8. The second kappa shape index (κ2) is 12.8. The first-order valence-corrected chi connectivity index (χ1v) is 8.97. The van der Waals surface area contributed by atoms with E-state index in [2.05, 4.69) is 30.7 Å². The molecule has 0 rings (SSSR count). The number of hydrogen-bond acceptors (Lipinski definition) is 3. The van der Waals surface area contributed by atoms with E-state index in [0.29, 0.717) is 5.92 Å². The number of thioether (sulfide) groups is 1. The monoisotopic (exact) mass is 288 g/mol. The van der Waals surface area contributed by atoms with E-state index in [1.165, 1.54) is 25.0 Å². The van der Waals surface area contributed by atoms with Crippen LogP contribution in [0.25, 0.3) is 0 Å². The van der Waals surface area contributed by atoms with Gasteiger partial charge in [0, 0.05) is 6.54 Å². The van der Waals surface area contributed by atoms with Gasteiger partial charge in [0.15, 0.2) is 0 Å². The van der Waals surface area contributed by atoms with Crippen molar-refractivity contribution in [1.82, 2.24) is 10.6 Å². The molecule has 0 aromatic heterocycles. The molecule has 114 valence electrons. The van der Waals surface area contributed by atoms with E-state index in [9.17, 15) is 4.79 Å². The largest absolute Gasteiger partial charge is 0.355 e. The number of carbonyl (C=O) groups excluding carboxylic acids is 1. The van der Waals surface area contributed by atoms with Gasteiger partial charge in [0.1, 0.15) is 0 Å². The van der Waals surface area contributed by atoms with Gasteiger partial charge in [-0.3, -0.25) is 4.79 Å². The van der Waals surface area contributed by atoms with Crippen molar-refractivity contribution in [3.05, 3.63) is 0 Å². The molecule has 19 heavy (non-hydrogen) atoms. The lowest BCUT2D eigenvalue weighted by Gasteiger charge is -2.14. The molecule has 2 N–H and O–H groups in total. The van der Waals surface area contributed by atoms with Crippen LogP contribution in [0.1, 0.15) is 52.9 Å². The Morgan fingerprint density at radius 1 is 1.05 bits per heavy atom. The zero-order valence-electron chi connectivity index (χ0n) is 13.1. The lowest BCUT2D eigenvalue weighted by atomic mass is 10.1. The van der Waals surface area contributed by atoms with E-state index >= 15 is 0 Å². The van der Waals surface area contributed by atoms with Gasteiger partial charge in [-0.15, -0.1) is 0 Å². The SMILES string of the molecule is CSCCCCCCNC(C)C(=O)NCCC(C)C. The van der Waals surface area contributed by atoms with Crippen molar-refractivity contribution < 1.29 is 4.79 Å². The van der Waals surface area contributed by atoms with Crippen LogP contribution in [0.3, 0.4) is 0 Å². The Balaban J connectivity index is 3.41. The number of hydrogen-bond donors (Lipinski definition) is 2. The maximum Gasteiger partial charge on any atom is 0.236 e. The molecule has 0 bridgehead atoms. The standard InChI is InChI=1S/C15H32N2OS/c1-13(2)9-11-17-15(18)14(3)16-10-7-5-6-8-12-19-4/h13-14,16H,5-12H2,1-4H3,(H,17,18). The zero-order chi connectivity index (χ0) is 14.5. The fourth-order valence-electron chi connectivity index (χ4n) is 1.77. The molecule has 1 atom stereocenters. The summed E-state index contributed by atoms with van der Waals surface area (Å²) in [6.07, 6.45) is 8.24. The van der Waals surface area contributed by atoms with Gasteiger partial charge in [0.2, 0.25) is 5.91 Å². The summed E-state index contributed by atoms with van der Waals surface area (Å²) >= 11 is 1.92. The second-order valence-electron chi connectivity index (χ2n) is 5.56. The van der Waals surface area contributed by atoms with Crippen molar-refractivity contribution in [3.63, 3.8) is 0 Å². The zero-order valence-corrected chi connectivity index (χ0v) is 13.9. The van der Waals surface area contributed by atoms with Crippen molar-refractivity contribution in [1.29, 1.82) is 0 Å². The van der Waals surface area contributed by atoms with E-state index in [-0.39, 0.29) is 11.9 Å². The maximum absolute atomic E-state index is 11.8. The summed E-state index contributed by atoms with van der Waals surface area (Å²) < 4.78 is 0. The summed E-state index contributed by atoms with van der Waals surface area (Å²) in [6.45, 7) is 8.02. The van der Waals surface area contributed by atoms with Gasteiger partial charge in [-0.1, -0.05) is 26.7 Å². The number of carbonyl (C=O) groups is 1. The molecular formula is C15H32N2OS. The predicted octanol–water partition coefficient (Wildman–Crippen LogP) is 3.05. The molecule has 0 aliphatic carbocycles. The minimum absolute atomic E-state index is 0.0710. The topological polar surface area (TPSA) is 41.1 Å². The molecule has 0 aromatic rings. The first kappa shape index (κ1) is 18.8. The van der Waals surface area contributed by atoms with Crippen LogP contribution in [0, 0.1) is 5.92 Å². The lowest BCUT2D eigenvalue weighted by molar-refractivity contribution is -0.122. The lowest BCUT2D eigenvalue weighted by Crippen LogP contribution is -2.42. The highest BCUT2D eigenvalue weighted by Gasteiger charge is 2.10. The molecule has 0 saturated carbocycles. The van der Waals surface area contributed by atoms with Gasteiger partial charge >= 0.3 is 0 Å². The average Bonchev–Trinajstić information content (AvgIpc) is 2.36. The molecule has 1 amide bonds. The number of unbranched alkanes of at least 4 members (excludes halogenated alkanes) is 3. The van der Waals surface area contributed by atoms with Crippen molar-refractivity contribution in [3.8, 4) is 0 Å². The molecule has 3 nitrogen and oxygen atoms in total. The van der Waals surface area contributed by atoms with Crippen molar-refractivity contribution >= 4 is 17.7 Å². The molecule has 0 fully saturated rings. The van der Waals surface area contributed by atoms with E-state index in [0.717, 1.165) is 25.9 Å². The van der Waals surface area contributed by atoms with Gasteiger partial charge in [0.05, 0.1) is 6.04 Å². The van der Waals surface area contributed by atoms with Crippen LogP contribution in [-0.2, 0) is 4.79 Å². The Morgan fingerprint density at radius 3 is 2.37 bits per heavy atom. The molecule has 4 heteroatoms. The molecule has 0 spiro atoms. The van der Waals surface area contributed by atoms with Crippen molar-refractivity contribution in [2.75, 3.05) is 25.1 Å². The van der Waals surface area contributed by atoms with Crippen LogP contribution in [-0.4, -0.2) is 37.0 Å². The summed E-state index contributed by atoms with van der Waals surface area (Å²) in [5.74, 6) is 2.04. The highest BCUT2D eigenvalue weighted by atomic mass is 32.2. The molecular weight excluding hydrogens is 256 g/mol. The van der Waals surface area contributed by atoms with Gasteiger partial charge in [-0.2, -0.15) is 11.8 Å². The van der Waals surface area contributed by atoms with Crippen LogP contribution in [0.15, 0.2) is 0 Å². The summed E-state index contributed by atoms with van der Waals surface area (Å²) in [6, 6.07) is -0.0710. The molecule has 0 aliphatic rings. The Hall–Kier alpha value is -0.220. The Kier molecular flexibility index (Phi) is 12.6. The molecule has 0 radical (unpaired) electrons. The van der Waals surface area contributed by atoms with E-state index in [1.54, 1.807) is 0 Å². The third-order valence-electron chi connectivity index (χ3n) is 3.14. The molecule has 0 aromatic carbocycles. The van der Waals surface area contributed by atoms with Crippen LogP contribution in [0.2, 0.25) is 0 Å². The number of rotatable bonds is 12. The number of amides is 1. The normalized spacial score (nSPS) is 12.7.